The monoisotopic (exact) mass is 323 g/mol. The van der Waals surface area contributed by atoms with Crippen molar-refractivity contribution in [2.75, 3.05) is 40.0 Å². The van der Waals surface area contributed by atoms with Gasteiger partial charge in [-0.2, -0.15) is 0 Å². The van der Waals surface area contributed by atoms with Crippen molar-refractivity contribution in [2.24, 2.45) is 0 Å². The van der Waals surface area contributed by atoms with Crippen molar-refractivity contribution in [2.45, 2.75) is 25.0 Å². The molecule has 0 N–H and O–H groups in total. The van der Waals surface area contributed by atoms with E-state index in [4.69, 9.17) is 14.0 Å². The summed E-state index contributed by atoms with van der Waals surface area (Å²) in [5.74, 6) is -0.160. The molecule has 0 radical (unpaired) electrons. The molecule has 2 amide bonds. The van der Waals surface area contributed by atoms with Gasteiger partial charge in [-0.1, -0.05) is 5.16 Å². The number of nitrogens with zero attached hydrogens (tertiary/aromatic N) is 3. The smallest absolute Gasteiger partial charge is 0.276 e. The number of methoxy groups -OCH3 is 1. The third-order valence-electron chi connectivity index (χ3n) is 4.43. The van der Waals surface area contributed by atoms with Crippen LogP contribution in [0, 0.1) is 0 Å². The Morgan fingerprint density at radius 2 is 2.26 bits per heavy atom. The molecular formula is C15H21N3O5. The van der Waals surface area contributed by atoms with Crippen LogP contribution >= 0.6 is 0 Å². The predicted molar refractivity (Wildman–Crippen MR) is 78.8 cm³/mol. The molecule has 126 valence electrons. The van der Waals surface area contributed by atoms with E-state index in [-0.39, 0.29) is 30.6 Å². The zero-order chi connectivity index (χ0) is 16.2. The molecule has 2 aliphatic heterocycles. The third-order valence-corrected chi connectivity index (χ3v) is 4.43. The standard InChI is InChI=1S/C15H21N3O5/c1-21-9-7-18-12-2-5-17(15(20)11-4-8-23-16-11)6-3-13(12)22-10-14(18)19/h4,8,12-13H,2-3,5-7,9-10H2,1H3/t12-,13-/m0/s1. The van der Waals surface area contributed by atoms with Crippen molar-refractivity contribution in [3.63, 3.8) is 0 Å². The second-order valence-corrected chi connectivity index (χ2v) is 5.75. The maximum Gasteiger partial charge on any atom is 0.276 e. The van der Waals surface area contributed by atoms with Crippen molar-refractivity contribution in [1.82, 2.24) is 15.0 Å². The van der Waals surface area contributed by atoms with Crippen LogP contribution in [0.4, 0.5) is 0 Å². The molecule has 8 nitrogen and oxygen atoms in total. The molecule has 0 spiro atoms. The molecular weight excluding hydrogens is 302 g/mol. The maximum absolute atomic E-state index is 12.4. The highest BCUT2D eigenvalue weighted by Crippen LogP contribution is 2.24. The number of hydrogen-bond acceptors (Lipinski definition) is 6. The highest BCUT2D eigenvalue weighted by molar-refractivity contribution is 5.92. The summed E-state index contributed by atoms with van der Waals surface area (Å²) in [7, 11) is 1.62. The highest BCUT2D eigenvalue weighted by atomic mass is 16.5. The number of aromatic nitrogens is 1. The molecule has 1 aromatic rings. The first-order valence-electron chi connectivity index (χ1n) is 7.80. The third kappa shape index (κ3) is 3.37. The highest BCUT2D eigenvalue weighted by Gasteiger charge is 2.39. The number of carbonyl (C=O) groups is 2. The molecule has 0 aliphatic carbocycles. The lowest BCUT2D eigenvalue weighted by Crippen LogP contribution is -2.55. The Bertz CT molecular complexity index is 547. The van der Waals surface area contributed by atoms with Gasteiger partial charge in [0.15, 0.2) is 5.69 Å². The molecule has 3 rings (SSSR count). The minimum Gasteiger partial charge on any atom is -0.383 e. The molecule has 2 saturated heterocycles. The van der Waals surface area contributed by atoms with Gasteiger partial charge in [0.05, 0.1) is 18.8 Å². The maximum atomic E-state index is 12.4. The Labute approximate surface area is 134 Å². The Hall–Kier alpha value is -1.93. The molecule has 0 unspecified atom stereocenters. The summed E-state index contributed by atoms with van der Waals surface area (Å²) in [6.07, 6.45) is 2.73. The molecule has 0 saturated carbocycles. The lowest BCUT2D eigenvalue weighted by molar-refractivity contribution is -0.158. The van der Waals surface area contributed by atoms with Gasteiger partial charge < -0.3 is 23.8 Å². The minimum atomic E-state index is -0.146. The Morgan fingerprint density at radius 1 is 1.43 bits per heavy atom. The van der Waals surface area contributed by atoms with Crippen LogP contribution in [-0.4, -0.2) is 78.9 Å². The molecule has 2 fully saturated rings. The fourth-order valence-electron chi connectivity index (χ4n) is 3.23. The number of morpholine rings is 1. The summed E-state index contributed by atoms with van der Waals surface area (Å²) < 4.78 is 15.5. The summed E-state index contributed by atoms with van der Waals surface area (Å²) in [5.41, 5.74) is 0.308. The van der Waals surface area contributed by atoms with Crippen LogP contribution in [0.3, 0.4) is 0 Å². The topological polar surface area (TPSA) is 85.1 Å². The number of hydrogen-bond donors (Lipinski definition) is 0. The summed E-state index contributed by atoms with van der Waals surface area (Å²) in [6, 6.07) is 1.55. The number of rotatable bonds is 4. The summed E-state index contributed by atoms with van der Waals surface area (Å²) in [4.78, 5) is 28.1. The van der Waals surface area contributed by atoms with Crippen molar-refractivity contribution in [3.05, 3.63) is 18.0 Å². The first-order valence-corrected chi connectivity index (χ1v) is 7.80. The number of amides is 2. The van der Waals surface area contributed by atoms with E-state index in [1.54, 1.807) is 18.1 Å². The molecule has 8 heteroatoms. The van der Waals surface area contributed by atoms with Crippen LogP contribution in [-0.2, 0) is 14.3 Å². The first-order chi connectivity index (χ1) is 11.2. The van der Waals surface area contributed by atoms with Crippen LogP contribution in [0.2, 0.25) is 0 Å². The summed E-state index contributed by atoms with van der Waals surface area (Å²) >= 11 is 0. The van der Waals surface area contributed by atoms with Crippen LogP contribution in [0.25, 0.3) is 0 Å². The van der Waals surface area contributed by atoms with Gasteiger partial charge in [-0.05, 0) is 12.8 Å². The molecule has 1 aromatic heterocycles. The predicted octanol–water partition coefficient (Wildman–Crippen LogP) is 0.153. The van der Waals surface area contributed by atoms with Crippen molar-refractivity contribution >= 4 is 11.8 Å². The van der Waals surface area contributed by atoms with Gasteiger partial charge in [0.2, 0.25) is 5.91 Å². The lowest BCUT2D eigenvalue weighted by atomic mass is 10.0. The zero-order valence-electron chi connectivity index (χ0n) is 13.1. The lowest BCUT2D eigenvalue weighted by Gasteiger charge is -2.40. The molecule has 2 atom stereocenters. The Morgan fingerprint density at radius 3 is 3.00 bits per heavy atom. The van der Waals surface area contributed by atoms with Gasteiger partial charge in [-0.15, -0.1) is 0 Å². The van der Waals surface area contributed by atoms with Crippen molar-refractivity contribution in [3.8, 4) is 0 Å². The van der Waals surface area contributed by atoms with Crippen LogP contribution in [0.5, 0.6) is 0 Å². The molecule has 0 aromatic carbocycles. The number of likely N-dealkylation sites (tertiary alicyclic amines) is 1. The van der Waals surface area contributed by atoms with Gasteiger partial charge in [-0.3, -0.25) is 9.59 Å². The van der Waals surface area contributed by atoms with E-state index in [1.807, 2.05) is 4.90 Å². The minimum absolute atomic E-state index is 0.0125. The molecule has 0 bridgehead atoms. The second kappa shape index (κ2) is 7.10. The largest absolute Gasteiger partial charge is 0.383 e. The second-order valence-electron chi connectivity index (χ2n) is 5.75. The Kier molecular flexibility index (Phi) is 4.92. The van der Waals surface area contributed by atoms with E-state index in [9.17, 15) is 9.59 Å². The molecule has 3 heterocycles. The van der Waals surface area contributed by atoms with Crippen LogP contribution in [0.15, 0.2) is 16.9 Å². The van der Waals surface area contributed by atoms with E-state index in [0.717, 1.165) is 0 Å². The average Bonchev–Trinajstić information content (AvgIpc) is 3.01. The Balaban J connectivity index is 1.68. The molecule has 2 aliphatic rings. The number of ether oxygens (including phenoxy) is 2. The zero-order valence-corrected chi connectivity index (χ0v) is 13.1. The fraction of sp³-hybridized carbons (Fsp3) is 0.667. The average molecular weight is 323 g/mol. The summed E-state index contributed by atoms with van der Waals surface area (Å²) in [5, 5.41) is 3.70. The normalized spacial score (nSPS) is 25.2. The van der Waals surface area contributed by atoms with Crippen LogP contribution < -0.4 is 0 Å². The van der Waals surface area contributed by atoms with E-state index in [2.05, 4.69) is 5.16 Å². The van der Waals surface area contributed by atoms with Crippen molar-refractivity contribution < 1.29 is 23.6 Å². The van der Waals surface area contributed by atoms with Gasteiger partial charge in [0.1, 0.15) is 12.9 Å². The summed E-state index contributed by atoms with van der Waals surface area (Å²) in [6.45, 7) is 2.29. The van der Waals surface area contributed by atoms with Gasteiger partial charge in [0, 0.05) is 32.8 Å². The van der Waals surface area contributed by atoms with E-state index in [0.29, 0.717) is 44.8 Å². The first kappa shape index (κ1) is 15.9. The van der Waals surface area contributed by atoms with Gasteiger partial charge in [0.25, 0.3) is 5.91 Å². The fourth-order valence-corrected chi connectivity index (χ4v) is 3.23. The molecule has 23 heavy (non-hydrogen) atoms. The van der Waals surface area contributed by atoms with Gasteiger partial charge in [-0.25, -0.2) is 0 Å². The van der Waals surface area contributed by atoms with Crippen LogP contribution in [0.1, 0.15) is 23.3 Å². The van der Waals surface area contributed by atoms with Gasteiger partial charge >= 0.3 is 0 Å². The van der Waals surface area contributed by atoms with E-state index < -0.39 is 0 Å². The SMILES string of the molecule is COCCN1C(=O)CO[C@H]2CCN(C(=O)c3ccon3)CC[C@@H]21. The number of carbonyl (C=O) groups excluding carboxylic acids is 2. The van der Waals surface area contributed by atoms with E-state index in [1.165, 1.54) is 6.26 Å². The number of fused-ring (bicyclic) bond motifs is 1. The quantitative estimate of drug-likeness (QED) is 0.784. The van der Waals surface area contributed by atoms with E-state index >= 15 is 0 Å². The van der Waals surface area contributed by atoms with Crippen molar-refractivity contribution in [1.29, 1.82) is 0 Å².